The molecule has 0 amide bonds. The number of nitrogens with zero attached hydrogens (tertiary/aromatic N) is 1. The number of aromatic nitrogens is 1. The van der Waals surface area contributed by atoms with E-state index < -0.39 is 0 Å². The van der Waals surface area contributed by atoms with Crippen LogP contribution in [0, 0.1) is 0 Å². The summed E-state index contributed by atoms with van der Waals surface area (Å²) in [5.41, 5.74) is 2.28. The molecule has 2 nitrogen and oxygen atoms in total. The van der Waals surface area contributed by atoms with Crippen LogP contribution in [0.3, 0.4) is 0 Å². The van der Waals surface area contributed by atoms with Crippen molar-refractivity contribution in [2.45, 2.75) is 19.5 Å². The van der Waals surface area contributed by atoms with Gasteiger partial charge in [0.1, 0.15) is 0 Å². The average molecular weight is 247 g/mol. The van der Waals surface area contributed by atoms with Crippen molar-refractivity contribution in [3.05, 3.63) is 64.9 Å². The normalized spacial score (nSPS) is 12.4. The van der Waals surface area contributed by atoms with Crippen molar-refractivity contribution in [2.24, 2.45) is 0 Å². The summed E-state index contributed by atoms with van der Waals surface area (Å²) in [5, 5.41) is 4.20. The van der Waals surface area contributed by atoms with Crippen molar-refractivity contribution in [1.82, 2.24) is 10.3 Å². The van der Waals surface area contributed by atoms with Crippen LogP contribution in [0.2, 0.25) is 5.02 Å². The molecule has 0 aliphatic rings. The molecule has 0 saturated carbocycles. The summed E-state index contributed by atoms with van der Waals surface area (Å²) in [6.07, 6.45) is 1.82. The Bertz CT molecular complexity index is 453. The zero-order valence-corrected chi connectivity index (χ0v) is 10.5. The standard InChI is InChI=1S/C14H15ClN2/c1-11(14-4-2-3-9-16-14)17-10-12-5-7-13(15)8-6-12/h2-9,11,17H,10H2,1H3/t11-/m0/s1. The van der Waals surface area contributed by atoms with Crippen molar-refractivity contribution in [3.63, 3.8) is 0 Å². The molecule has 2 rings (SSSR count). The van der Waals surface area contributed by atoms with Crippen molar-refractivity contribution >= 4 is 11.6 Å². The largest absolute Gasteiger partial charge is 0.305 e. The molecule has 0 spiro atoms. The third-order valence-corrected chi connectivity index (χ3v) is 2.91. The van der Waals surface area contributed by atoms with Crippen molar-refractivity contribution in [3.8, 4) is 0 Å². The van der Waals surface area contributed by atoms with Gasteiger partial charge < -0.3 is 5.32 Å². The van der Waals surface area contributed by atoms with E-state index in [1.54, 1.807) is 0 Å². The smallest absolute Gasteiger partial charge is 0.0570 e. The number of nitrogens with one attached hydrogen (secondary N) is 1. The van der Waals surface area contributed by atoms with Gasteiger partial charge in [-0.3, -0.25) is 4.98 Å². The second-order valence-corrected chi connectivity index (χ2v) is 4.42. The molecule has 0 saturated heterocycles. The second-order valence-electron chi connectivity index (χ2n) is 3.98. The molecule has 2 aromatic rings. The van der Waals surface area contributed by atoms with Crippen LogP contribution in [0.25, 0.3) is 0 Å². The van der Waals surface area contributed by atoms with Crippen LogP contribution in [0.5, 0.6) is 0 Å². The predicted molar refractivity (Wildman–Crippen MR) is 70.9 cm³/mol. The van der Waals surface area contributed by atoms with E-state index in [2.05, 4.69) is 17.2 Å². The Morgan fingerprint density at radius 3 is 2.59 bits per heavy atom. The van der Waals surface area contributed by atoms with E-state index in [4.69, 9.17) is 11.6 Å². The molecule has 0 fully saturated rings. The van der Waals surface area contributed by atoms with Crippen molar-refractivity contribution in [2.75, 3.05) is 0 Å². The maximum Gasteiger partial charge on any atom is 0.0570 e. The Labute approximate surface area is 107 Å². The Kier molecular flexibility index (Phi) is 4.13. The van der Waals surface area contributed by atoms with E-state index in [9.17, 15) is 0 Å². The van der Waals surface area contributed by atoms with E-state index in [1.165, 1.54) is 5.56 Å². The molecule has 1 heterocycles. The minimum Gasteiger partial charge on any atom is -0.305 e. The lowest BCUT2D eigenvalue weighted by Crippen LogP contribution is -2.18. The lowest BCUT2D eigenvalue weighted by molar-refractivity contribution is 0.561. The molecule has 0 bridgehead atoms. The molecular weight excluding hydrogens is 232 g/mol. The Hall–Kier alpha value is -1.38. The fourth-order valence-corrected chi connectivity index (χ4v) is 1.74. The molecule has 1 atom stereocenters. The minimum absolute atomic E-state index is 0.242. The number of halogens is 1. The highest BCUT2D eigenvalue weighted by Crippen LogP contribution is 2.12. The van der Waals surface area contributed by atoms with Gasteiger partial charge in [0.15, 0.2) is 0 Å². The first-order chi connectivity index (χ1) is 8.25. The van der Waals surface area contributed by atoms with E-state index in [0.717, 1.165) is 17.3 Å². The molecule has 0 aliphatic carbocycles. The van der Waals surface area contributed by atoms with Gasteiger partial charge in [-0.1, -0.05) is 29.8 Å². The van der Waals surface area contributed by atoms with Gasteiger partial charge in [0.2, 0.25) is 0 Å². The summed E-state index contributed by atoms with van der Waals surface area (Å²) in [6, 6.07) is 14.1. The van der Waals surface area contributed by atoms with Crippen LogP contribution >= 0.6 is 11.6 Å². The summed E-state index contributed by atoms with van der Waals surface area (Å²) in [7, 11) is 0. The van der Waals surface area contributed by atoms with Crippen molar-refractivity contribution < 1.29 is 0 Å². The maximum absolute atomic E-state index is 5.84. The fraction of sp³-hybridized carbons (Fsp3) is 0.214. The van der Waals surface area contributed by atoms with Crippen LogP contribution in [-0.2, 0) is 6.54 Å². The molecule has 17 heavy (non-hydrogen) atoms. The van der Waals surface area contributed by atoms with E-state index >= 15 is 0 Å². The number of hydrogen-bond acceptors (Lipinski definition) is 2. The molecule has 1 aromatic heterocycles. The van der Waals surface area contributed by atoms with Crippen LogP contribution in [0.1, 0.15) is 24.2 Å². The molecular formula is C14H15ClN2. The quantitative estimate of drug-likeness (QED) is 0.892. The van der Waals surface area contributed by atoms with E-state index in [-0.39, 0.29) is 6.04 Å². The highest BCUT2D eigenvalue weighted by atomic mass is 35.5. The highest BCUT2D eigenvalue weighted by molar-refractivity contribution is 6.30. The third kappa shape index (κ3) is 3.55. The monoisotopic (exact) mass is 246 g/mol. The van der Waals surface area contributed by atoms with Crippen LogP contribution in [-0.4, -0.2) is 4.98 Å². The molecule has 1 aromatic carbocycles. The first-order valence-corrected chi connectivity index (χ1v) is 6.02. The third-order valence-electron chi connectivity index (χ3n) is 2.66. The van der Waals surface area contributed by atoms with Gasteiger partial charge in [0, 0.05) is 23.8 Å². The summed E-state index contributed by atoms with van der Waals surface area (Å²) in [5.74, 6) is 0. The van der Waals surface area contributed by atoms with Crippen molar-refractivity contribution in [1.29, 1.82) is 0 Å². The van der Waals surface area contributed by atoms with Crippen LogP contribution < -0.4 is 5.32 Å². The zero-order chi connectivity index (χ0) is 12.1. The number of benzene rings is 1. The number of pyridine rings is 1. The first-order valence-electron chi connectivity index (χ1n) is 5.64. The predicted octanol–water partition coefficient (Wildman–Crippen LogP) is 3.59. The van der Waals surface area contributed by atoms with Gasteiger partial charge in [-0.2, -0.15) is 0 Å². The average Bonchev–Trinajstić information content (AvgIpc) is 2.39. The highest BCUT2D eigenvalue weighted by Gasteiger charge is 2.04. The topological polar surface area (TPSA) is 24.9 Å². The van der Waals surface area contributed by atoms with Gasteiger partial charge in [0.05, 0.1) is 5.69 Å². The van der Waals surface area contributed by atoms with Crippen LogP contribution in [0.4, 0.5) is 0 Å². The Balaban J connectivity index is 1.92. The minimum atomic E-state index is 0.242. The second kappa shape index (κ2) is 5.80. The number of rotatable bonds is 4. The first kappa shape index (κ1) is 12.1. The lowest BCUT2D eigenvalue weighted by Gasteiger charge is -2.13. The lowest BCUT2D eigenvalue weighted by atomic mass is 10.2. The van der Waals surface area contributed by atoms with Gasteiger partial charge >= 0.3 is 0 Å². The molecule has 0 aliphatic heterocycles. The van der Waals surface area contributed by atoms with Gasteiger partial charge in [-0.05, 0) is 36.8 Å². The molecule has 0 unspecified atom stereocenters. The van der Waals surface area contributed by atoms with E-state index in [0.29, 0.717) is 0 Å². The SMILES string of the molecule is C[C@H](NCc1ccc(Cl)cc1)c1ccccn1. The summed E-state index contributed by atoms with van der Waals surface area (Å²) >= 11 is 5.84. The van der Waals surface area contributed by atoms with Gasteiger partial charge in [-0.25, -0.2) is 0 Å². The number of hydrogen-bond donors (Lipinski definition) is 1. The molecule has 3 heteroatoms. The molecule has 88 valence electrons. The Morgan fingerprint density at radius 2 is 1.94 bits per heavy atom. The summed E-state index contributed by atoms with van der Waals surface area (Å²) < 4.78 is 0. The summed E-state index contributed by atoms with van der Waals surface area (Å²) in [4.78, 5) is 4.32. The van der Waals surface area contributed by atoms with Gasteiger partial charge in [0.25, 0.3) is 0 Å². The Morgan fingerprint density at radius 1 is 1.18 bits per heavy atom. The zero-order valence-electron chi connectivity index (χ0n) is 9.73. The summed E-state index contributed by atoms with van der Waals surface area (Å²) in [6.45, 7) is 2.92. The maximum atomic E-state index is 5.84. The molecule has 1 N–H and O–H groups in total. The fourth-order valence-electron chi connectivity index (χ4n) is 1.61. The van der Waals surface area contributed by atoms with Gasteiger partial charge in [-0.15, -0.1) is 0 Å². The van der Waals surface area contributed by atoms with E-state index in [1.807, 2.05) is 48.7 Å². The van der Waals surface area contributed by atoms with Crippen LogP contribution in [0.15, 0.2) is 48.7 Å². The molecule has 0 radical (unpaired) electrons.